The number of thiophene rings is 1. The third-order valence-electron chi connectivity index (χ3n) is 3.68. The normalized spacial score (nSPS) is 13.2. The summed E-state index contributed by atoms with van der Waals surface area (Å²) in [6.07, 6.45) is 0. The average Bonchev–Trinajstić information content (AvgIpc) is 2.86. The molecule has 0 spiro atoms. The maximum atomic E-state index is 12.3. The van der Waals surface area contributed by atoms with Crippen LogP contribution < -0.4 is 10.6 Å². The summed E-state index contributed by atoms with van der Waals surface area (Å²) in [5.41, 5.74) is 1.67. The first-order valence-electron chi connectivity index (χ1n) is 7.61. The van der Waals surface area contributed by atoms with E-state index in [4.69, 9.17) is 0 Å². The third kappa shape index (κ3) is 4.42. The van der Waals surface area contributed by atoms with Gasteiger partial charge in [0.2, 0.25) is 5.91 Å². The van der Waals surface area contributed by atoms with Crippen LogP contribution in [0.25, 0.3) is 0 Å². The summed E-state index contributed by atoms with van der Waals surface area (Å²) in [5.74, 6) is -0.437. The van der Waals surface area contributed by atoms with Gasteiger partial charge in [-0.25, -0.2) is 0 Å². The highest BCUT2D eigenvalue weighted by atomic mass is 32.1. The van der Waals surface area contributed by atoms with Crippen molar-refractivity contribution < 1.29 is 9.59 Å². The lowest BCUT2D eigenvalue weighted by Crippen LogP contribution is -2.45. The second-order valence-corrected chi connectivity index (χ2v) is 7.12. The van der Waals surface area contributed by atoms with Crippen molar-refractivity contribution in [2.45, 2.75) is 39.8 Å². The second kappa shape index (κ2) is 7.42. The highest BCUT2D eigenvalue weighted by Crippen LogP contribution is 2.26. The van der Waals surface area contributed by atoms with Gasteiger partial charge in [-0.15, -0.1) is 11.3 Å². The predicted octanol–water partition coefficient (Wildman–Crippen LogP) is 3.36. The Bertz CT molecular complexity index is 694. The molecule has 0 radical (unpaired) electrons. The van der Waals surface area contributed by atoms with Gasteiger partial charge in [-0.1, -0.05) is 18.2 Å². The molecule has 0 bridgehead atoms. The zero-order valence-electron chi connectivity index (χ0n) is 13.8. The number of aryl methyl sites for hydroxylation is 2. The Morgan fingerprint density at radius 1 is 1.04 bits per heavy atom. The van der Waals surface area contributed by atoms with Crippen molar-refractivity contribution in [3.63, 3.8) is 0 Å². The molecule has 5 heteroatoms. The van der Waals surface area contributed by atoms with Crippen molar-refractivity contribution in [3.8, 4) is 0 Å². The predicted molar refractivity (Wildman–Crippen MR) is 93.7 cm³/mol. The van der Waals surface area contributed by atoms with E-state index in [0.717, 1.165) is 5.56 Å². The summed E-state index contributed by atoms with van der Waals surface area (Å²) < 4.78 is 0. The van der Waals surface area contributed by atoms with Gasteiger partial charge >= 0.3 is 0 Å². The van der Waals surface area contributed by atoms with Crippen LogP contribution in [0.2, 0.25) is 0 Å². The van der Waals surface area contributed by atoms with Crippen molar-refractivity contribution in [1.29, 1.82) is 0 Å². The van der Waals surface area contributed by atoms with E-state index < -0.39 is 6.04 Å². The largest absolute Gasteiger partial charge is 0.348 e. The summed E-state index contributed by atoms with van der Waals surface area (Å²) in [5, 5.41) is 5.68. The summed E-state index contributed by atoms with van der Waals surface area (Å²) >= 11 is 1.72. The Kier molecular flexibility index (Phi) is 5.55. The molecule has 0 aliphatic rings. The molecule has 122 valence electrons. The molecule has 0 unspecified atom stereocenters. The lowest BCUT2D eigenvalue weighted by Gasteiger charge is -2.18. The van der Waals surface area contributed by atoms with Crippen LogP contribution in [0, 0.1) is 13.8 Å². The highest BCUT2D eigenvalue weighted by molar-refractivity contribution is 7.12. The monoisotopic (exact) mass is 330 g/mol. The van der Waals surface area contributed by atoms with Crippen LogP contribution >= 0.6 is 11.3 Å². The Morgan fingerprint density at radius 3 is 2.26 bits per heavy atom. The van der Waals surface area contributed by atoms with E-state index in [0.29, 0.717) is 5.56 Å². The quantitative estimate of drug-likeness (QED) is 0.883. The fourth-order valence-electron chi connectivity index (χ4n) is 2.43. The molecule has 1 aromatic heterocycles. The van der Waals surface area contributed by atoms with E-state index in [1.165, 1.54) is 9.75 Å². The maximum Gasteiger partial charge on any atom is 0.251 e. The van der Waals surface area contributed by atoms with Crippen molar-refractivity contribution in [3.05, 3.63) is 57.3 Å². The van der Waals surface area contributed by atoms with Gasteiger partial charge in [0.05, 0.1) is 6.04 Å². The molecule has 0 aliphatic carbocycles. The summed E-state index contributed by atoms with van der Waals surface area (Å²) in [7, 11) is 0. The van der Waals surface area contributed by atoms with E-state index in [9.17, 15) is 9.59 Å². The Labute approximate surface area is 140 Å². The number of hydrogen-bond donors (Lipinski definition) is 2. The van der Waals surface area contributed by atoms with Crippen molar-refractivity contribution in [1.82, 2.24) is 10.6 Å². The van der Waals surface area contributed by atoms with Gasteiger partial charge in [-0.05, 0) is 51.5 Å². The van der Waals surface area contributed by atoms with E-state index in [1.54, 1.807) is 42.5 Å². The van der Waals surface area contributed by atoms with Crippen molar-refractivity contribution in [2.75, 3.05) is 0 Å². The first-order chi connectivity index (χ1) is 10.9. The molecule has 2 amide bonds. The van der Waals surface area contributed by atoms with Crippen LogP contribution in [-0.2, 0) is 4.79 Å². The van der Waals surface area contributed by atoms with Gasteiger partial charge in [-0.2, -0.15) is 0 Å². The maximum absolute atomic E-state index is 12.3. The molecule has 0 fully saturated rings. The lowest BCUT2D eigenvalue weighted by atomic mass is 10.1. The number of amides is 2. The minimum Gasteiger partial charge on any atom is -0.348 e. The number of benzene rings is 1. The second-order valence-electron chi connectivity index (χ2n) is 5.66. The number of rotatable bonds is 5. The standard InChI is InChI=1S/C18H22N2O2S/c1-11-10-16(14(4)23-11)12(2)19-17(21)13(3)20-18(22)15-8-6-5-7-9-15/h5-10,12-13H,1-4H3,(H,19,21)(H,20,22)/t12-,13-/m1/s1. The van der Waals surface area contributed by atoms with E-state index in [2.05, 4.69) is 30.5 Å². The fraction of sp³-hybridized carbons (Fsp3) is 0.333. The van der Waals surface area contributed by atoms with Gasteiger partial charge in [0.15, 0.2) is 0 Å². The van der Waals surface area contributed by atoms with Crippen molar-refractivity contribution >= 4 is 23.2 Å². The molecule has 0 aliphatic heterocycles. The van der Waals surface area contributed by atoms with Gasteiger partial charge in [0.1, 0.15) is 6.04 Å². The molecule has 1 aromatic carbocycles. The molecule has 2 N–H and O–H groups in total. The zero-order chi connectivity index (χ0) is 17.0. The lowest BCUT2D eigenvalue weighted by molar-refractivity contribution is -0.123. The fourth-order valence-corrected chi connectivity index (χ4v) is 3.45. The highest BCUT2D eigenvalue weighted by Gasteiger charge is 2.20. The Balaban J connectivity index is 1.95. The van der Waals surface area contributed by atoms with Crippen LogP contribution in [0.15, 0.2) is 36.4 Å². The van der Waals surface area contributed by atoms with Gasteiger partial charge in [0, 0.05) is 15.3 Å². The molecule has 2 aromatic rings. The molecule has 2 atom stereocenters. The van der Waals surface area contributed by atoms with E-state index >= 15 is 0 Å². The SMILES string of the molecule is Cc1cc([C@@H](C)NC(=O)[C@@H](C)NC(=O)c2ccccc2)c(C)s1. The minimum atomic E-state index is -0.592. The molecule has 4 nitrogen and oxygen atoms in total. The van der Waals surface area contributed by atoms with Crippen LogP contribution in [0.4, 0.5) is 0 Å². The number of carbonyl (C=O) groups excluding carboxylic acids is 2. The summed E-state index contributed by atoms with van der Waals surface area (Å²) in [6.45, 7) is 7.75. The smallest absolute Gasteiger partial charge is 0.251 e. The molecular weight excluding hydrogens is 308 g/mol. The molecular formula is C18H22N2O2S. The number of hydrogen-bond acceptors (Lipinski definition) is 3. The average molecular weight is 330 g/mol. The zero-order valence-corrected chi connectivity index (χ0v) is 14.7. The first-order valence-corrected chi connectivity index (χ1v) is 8.43. The molecule has 1 heterocycles. The van der Waals surface area contributed by atoms with Crippen molar-refractivity contribution in [2.24, 2.45) is 0 Å². The first kappa shape index (κ1) is 17.2. The van der Waals surface area contributed by atoms with Gasteiger partial charge < -0.3 is 10.6 Å². The third-order valence-corrected chi connectivity index (χ3v) is 4.66. The minimum absolute atomic E-state index is 0.0801. The Morgan fingerprint density at radius 2 is 1.70 bits per heavy atom. The van der Waals surface area contributed by atoms with Crippen LogP contribution in [0.3, 0.4) is 0 Å². The van der Waals surface area contributed by atoms with Crippen LogP contribution in [-0.4, -0.2) is 17.9 Å². The van der Waals surface area contributed by atoms with Crippen LogP contribution in [0.5, 0.6) is 0 Å². The molecule has 0 saturated heterocycles. The summed E-state index contributed by atoms with van der Waals surface area (Å²) in [4.78, 5) is 26.8. The molecule has 2 rings (SSSR count). The van der Waals surface area contributed by atoms with Crippen LogP contribution in [0.1, 0.15) is 45.6 Å². The topological polar surface area (TPSA) is 58.2 Å². The summed E-state index contributed by atoms with van der Waals surface area (Å²) in [6, 6.07) is 10.3. The molecule has 0 saturated carbocycles. The molecule has 23 heavy (non-hydrogen) atoms. The van der Waals surface area contributed by atoms with Gasteiger partial charge in [-0.3, -0.25) is 9.59 Å². The number of carbonyl (C=O) groups is 2. The van der Waals surface area contributed by atoms with E-state index in [1.807, 2.05) is 13.0 Å². The number of nitrogens with one attached hydrogen (secondary N) is 2. The van der Waals surface area contributed by atoms with E-state index in [-0.39, 0.29) is 17.9 Å². The Hall–Kier alpha value is -2.14. The van der Waals surface area contributed by atoms with Gasteiger partial charge in [0.25, 0.3) is 5.91 Å².